The van der Waals surface area contributed by atoms with Crippen LogP contribution in [0.1, 0.15) is 5.56 Å². The fourth-order valence-corrected chi connectivity index (χ4v) is 6.33. The van der Waals surface area contributed by atoms with E-state index >= 15 is 0 Å². The molecule has 8 nitrogen and oxygen atoms in total. The number of sulfonamides is 1. The quantitative estimate of drug-likeness (QED) is 0.338. The van der Waals surface area contributed by atoms with Gasteiger partial charge in [0.2, 0.25) is 10.0 Å². The Hall–Kier alpha value is -4.09. The van der Waals surface area contributed by atoms with Gasteiger partial charge in [-0.3, -0.25) is 4.79 Å². The zero-order valence-corrected chi connectivity index (χ0v) is 23.0. The number of nitrogens with zero attached hydrogens (tertiary/aromatic N) is 5. The van der Waals surface area contributed by atoms with E-state index in [1.165, 1.54) is 10.5 Å². The molecule has 0 amide bonds. The van der Waals surface area contributed by atoms with Crippen LogP contribution in [0.15, 0.2) is 83.8 Å². The summed E-state index contributed by atoms with van der Waals surface area (Å²) < 4.78 is 56.5. The number of piperazine rings is 1. The Morgan fingerprint density at radius 3 is 2.10 bits per heavy atom. The number of rotatable bonds is 7. The number of benzene rings is 3. The lowest BCUT2D eigenvalue weighted by Crippen LogP contribution is -2.49. The van der Waals surface area contributed by atoms with Gasteiger partial charge < -0.3 is 9.80 Å². The third kappa shape index (κ3) is 5.75. The van der Waals surface area contributed by atoms with Crippen LogP contribution < -0.4 is 15.4 Å². The van der Waals surface area contributed by atoms with E-state index in [-0.39, 0.29) is 24.5 Å². The highest BCUT2D eigenvalue weighted by Gasteiger charge is 2.29. The summed E-state index contributed by atoms with van der Waals surface area (Å²) in [5.74, 6) is -1.73. The molecule has 2 heterocycles. The normalized spacial score (nSPS) is 14.3. The van der Waals surface area contributed by atoms with E-state index < -0.39 is 27.2 Å². The molecule has 1 saturated heterocycles. The van der Waals surface area contributed by atoms with Gasteiger partial charge in [-0.25, -0.2) is 17.2 Å². The smallest absolute Gasteiger partial charge is 0.281 e. The van der Waals surface area contributed by atoms with Gasteiger partial charge in [-0.1, -0.05) is 42.5 Å². The zero-order valence-electron chi connectivity index (χ0n) is 22.2. The number of anilines is 2. The van der Waals surface area contributed by atoms with Crippen molar-refractivity contribution in [1.82, 2.24) is 14.1 Å². The van der Waals surface area contributed by atoms with Gasteiger partial charge in [0, 0.05) is 52.0 Å². The number of hydrogen-bond donors (Lipinski definition) is 0. The number of aromatic nitrogens is 2. The van der Waals surface area contributed by atoms with Gasteiger partial charge in [0.25, 0.3) is 5.56 Å². The van der Waals surface area contributed by atoms with Gasteiger partial charge in [0.15, 0.2) is 0 Å². The molecule has 1 aromatic heterocycles. The second-order valence-corrected chi connectivity index (χ2v) is 11.8. The molecule has 5 rings (SSSR count). The molecule has 1 aliphatic rings. The van der Waals surface area contributed by atoms with Crippen molar-refractivity contribution in [2.75, 3.05) is 50.1 Å². The van der Waals surface area contributed by atoms with Crippen LogP contribution in [0.2, 0.25) is 0 Å². The fraction of sp³-hybridized carbons (Fsp3) is 0.241. The summed E-state index contributed by atoms with van der Waals surface area (Å²) in [4.78, 5) is 17.7. The Morgan fingerprint density at radius 1 is 0.875 bits per heavy atom. The lowest BCUT2D eigenvalue weighted by Gasteiger charge is -2.36. The third-order valence-electron chi connectivity index (χ3n) is 6.89. The molecule has 4 aromatic rings. The minimum atomic E-state index is -3.53. The Kier molecular flexibility index (Phi) is 7.68. The lowest BCUT2D eigenvalue weighted by atomic mass is 10.0. The molecule has 0 bridgehead atoms. The number of hydrogen-bond acceptors (Lipinski definition) is 6. The van der Waals surface area contributed by atoms with Crippen molar-refractivity contribution >= 4 is 21.4 Å². The topological polar surface area (TPSA) is 78.8 Å². The monoisotopic (exact) mass is 565 g/mol. The molecule has 0 radical (unpaired) electrons. The van der Waals surface area contributed by atoms with Crippen LogP contribution >= 0.6 is 0 Å². The van der Waals surface area contributed by atoms with Gasteiger partial charge in [-0.2, -0.15) is 14.1 Å². The Morgan fingerprint density at radius 2 is 1.50 bits per heavy atom. The first-order valence-corrected chi connectivity index (χ1v) is 14.4. The van der Waals surface area contributed by atoms with Crippen LogP contribution in [0.4, 0.5) is 20.2 Å². The average molecular weight is 566 g/mol. The molecule has 1 fully saturated rings. The Balaban J connectivity index is 1.49. The van der Waals surface area contributed by atoms with E-state index in [0.717, 1.165) is 34.1 Å². The summed E-state index contributed by atoms with van der Waals surface area (Å²) in [5, 5.41) is 4.25. The molecular formula is C29H29F2N5O3S. The van der Waals surface area contributed by atoms with Crippen LogP contribution in [0, 0.1) is 11.6 Å². The molecule has 0 saturated carbocycles. The first-order valence-electron chi connectivity index (χ1n) is 12.8. The van der Waals surface area contributed by atoms with Crippen molar-refractivity contribution in [1.29, 1.82) is 0 Å². The summed E-state index contributed by atoms with van der Waals surface area (Å²) in [7, 11) is 0.286. The highest BCUT2D eigenvalue weighted by atomic mass is 32.2. The summed E-state index contributed by atoms with van der Waals surface area (Å²) in [6.45, 7) is 1.17. The molecule has 0 unspecified atom stereocenters. The van der Waals surface area contributed by atoms with Gasteiger partial charge >= 0.3 is 0 Å². The summed E-state index contributed by atoms with van der Waals surface area (Å²) in [5.41, 5.74) is 2.52. The second-order valence-electron chi connectivity index (χ2n) is 9.82. The second kappa shape index (κ2) is 11.2. The van der Waals surface area contributed by atoms with Gasteiger partial charge in [0.1, 0.15) is 11.6 Å². The number of halogens is 2. The maximum Gasteiger partial charge on any atom is 0.281 e. The largest absolute Gasteiger partial charge is 0.378 e. The standard InChI is InChI=1S/C29H29F2N5O3S/c1-33(2)25-10-8-22(9-11-25)28-27(19-32-36(29(28)37)26-17-23(30)16-24(31)18-26)34-12-14-35(15-13-34)40(38,39)20-21-6-4-3-5-7-21/h3-11,16-19H,12-15,20H2,1-2H3. The lowest BCUT2D eigenvalue weighted by molar-refractivity contribution is 0.384. The van der Waals surface area contributed by atoms with Crippen LogP contribution in [0.3, 0.4) is 0 Å². The van der Waals surface area contributed by atoms with Gasteiger partial charge in [0.05, 0.1) is 28.9 Å². The van der Waals surface area contributed by atoms with Crippen molar-refractivity contribution in [3.63, 3.8) is 0 Å². The van der Waals surface area contributed by atoms with Gasteiger partial charge in [-0.05, 0) is 35.4 Å². The van der Waals surface area contributed by atoms with Crippen molar-refractivity contribution in [2.45, 2.75) is 5.75 Å². The highest BCUT2D eigenvalue weighted by Crippen LogP contribution is 2.30. The fourth-order valence-electron chi connectivity index (χ4n) is 4.81. The van der Waals surface area contributed by atoms with E-state index in [9.17, 15) is 22.0 Å². The predicted molar refractivity (Wildman–Crippen MR) is 152 cm³/mol. The van der Waals surface area contributed by atoms with Crippen LogP contribution in [0.5, 0.6) is 0 Å². The minimum absolute atomic E-state index is 0.0305. The van der Waals surface area contributed by atoms with Gasteiger partial charge in [-0.15, -0.1) is 0 Å². The molecule has 1 aliphatic heterocycles. The van der Waals surface area contributed by atoms with E-state index in [2.05, 4.69) is 5.10 Å². The molecule has 0 spiro atoms. The molecule has 40 heavy (non-hydrogen) atoms. The highest BCUT2D eigenvalue weighted by molar-refractivity contribution is 7.88. The van der Waals surface area contributed by atoms with Crippen molar-refractivity contribution in [3.05, 3.63) is 107 Å². The van der Waals surface area contributed by atoms with Crippen molar-refractivity contribution in [2.24, 2.45) is 0 Å². The van der Waals surface area contributed by atoms with Crippen molar-refractivity contribution < 1.29 is 17.2 Å². The molecule has 0 N–H and O–H groups in total. The van der Waals surface area contributed by atoms with Crippen molar-refractivity contribution in [3.8, 4) is 16.8 Å². The molecule has 3 aromatic carbocycles. The molecule has 11 heteroatoms. The van der Waals surface area contributed by atoms with Crippen LogP contribution in [-0.2, 0) is 15.8 Å². The zero-order chi connectivity index (χ0) is 28.4. The molecule has 0 atom stereocenters. The van der Waals surface area contributed by atoms with Crippen LogP contribution in [0.25, 0.3) is 16.8 Å². The Bertz CT molecular complexity index is 1650. The first-order chi connectivity index (χ1) is 19.1. The maximum absolute atomic E-state index is 14.0. The average Bonchev–Trinajstić information content (AvgIpc) is 2.93. The predicted octanol–water partition coefficient (Wildman–Crippen LogP) is 3.90. The Labute approximate surface area is 231 Å². The molecule has 208 valence electrons. The summed E-state index contributed by atoms with van der Waals surface area (Å²) in [6.07, 6.45) is 1.49. The summed E-state index contributed by atoms with van der Waals surface area (Å²) in [6, 6.07) is 19.2. The SMILES string of the molecule is CN(C)c1ccc(-c2c(N3CCN(S(=O)(=O)Cc4ccccc4)CC3)cnn(-c3cc(F)cc(F)c3)c2=O)cc1. The third-order valence-corrected chi connectivity index (χ3v) is 8.74. The van der Waals surface area contributed by atoms with E-state index in [1.807, 2.05) is 66.4 Å². The minimum Gasteiger partial charge on any atom is -0.378 e. The molecular weight excluding hydrogens is 536 g/mol. The molecule has 0 aliphatic carbocycles. The van der Waals surface area contributed by atoms with E-state index in [1.54, 1.807) is 12.1 Å². The first kappa shape index (κ1) is 27.5. The maximum atomic E-state index is 14.0. The van der Waals surface area contributed by atoms with Crippen LogP contribution in [-0.4, -0.2) is 62.8 Å². The van der Waals surface area contributed by atoms with E-state index in [4.69, 9.17) is 0 Å². The van der Waals surface area contributed by atoms with E-state index in [0.29, 0.717) is 29.9 Å². The summed E-state index contributed by atoms with van der Waals surface area (Å²) >= 11 is 0.